The van der Waals surface area contributed by atoms with Gasteiger partial charge in [0.2, 0.25) is 5.50 Å². The fraction of sp³-hybridized carbons (Fsp3) is 0.273. The Labute approximate surface area is 93.4 Å². The molecule has 0 aliphatic carbocycles. The first-order valence-corrected chi connectivity index (χ1v) is 6.59. The Morgan fingerprint density at radius 1 is 1.44 bits per heavy atom. The van der Waals surface area contributed by atoms with Crippen molar-refractivity contribution in [1.82, 2.24) is 0 Å². The van der Waals surface area contributed by atoms with Crippen LogP contribution in [0.3, 0.4) is 0 Å². The first-order valence-electron chi connectivity index (χ1n) is 5.01. The number of rotatable bonds is 3. The van der Waals surface area contributed by atoms with Gasteiger partial charge in [0.25, 0.3) is 0 Å². The van der Waals surface area contributed by atoms with Gasteiger partial charge in [-0.15, -0.1) is 0 Å². The SMILES string of the molecule is CCOP(=O)(O)c1cc2cc(C)ccc2o1. The van der Waals surface area contributed by atoms with Crippen molar-refractivity contribution in [2.45, 2.75) is 13.8 Å². The van der Waals surface area contributed by atoms with Crippen LogP contribution in [0.2, 0.25) is 0 Å². The predicted octanol–water partition coefficient (Wildman–Crippen LogP) is 2.59. The number of hydrogen-bond acceptors (Lipinski definition) is 3. The van der Waals surface area contributed by atoms with Crippen molar-refractivity contribution < 1.29 is 18.4 Å². The van der Waals surface area contributed by atoms with Gasteiger partial charge in [-0.1, -0.05) is 11.6 Å². The summed E-state index contributed by atoms with van der Waals surface area (Å²) in [5.41, 5.74) is 1.66. The van der Waals surface area contributed by atoms with Crippen LogP contribution in [-0.4, -0.2) is 11.5 Å². The summed E-state index contributed by atoms with van der Waals surface area (Å²) >= 11 is 0. The number of furan rings is 1. The van der Waals surface area contributed by atoms with Crippen molar-refractivity contribution in [3.05, 3.63) is 29.8 Å². The van der Waals surface area contributed by atoms with Crippen molar-refractivity contribution in [1.29, 1.82) is 0 Å². The average molecular weight is 240 g/mol. The monoisotopic (exact) mass is 240 g/mol. The third-order valence-electron chi connectivity index (χ3n) is 2.24. The van der Waals surface area contributed by atoms with Gasteiger partial charge in [0.15, 0.2) is 0 Å². The van der Waals surface area contributed by atoms with E-state index in [1.54, 1.807) is 19.1 Å². The second-order valence-corrected chi connectivity index (χ2v) is 5.30. The van der Waals surface area contributed by atoms with Crippen molar-refractivity contribution in [2.75, 3.05) is 6.61 Å². The quantitative estimate of drug-likeness (QED) is 0.837. The van der Waals surface area contributed by atoms with Crippen LogP contribution in [0.1, 0.15) is 12.5 Å². The molecule has 2 aromatic rings. The Balaban J connectivity index is 2.51. The van der Waals surface area contributed by atoms with E-state index in [2.05, 4.69) is 0 Å². The van der Waals surface area contributed by atoms with Gasteiger partial charge in [0.05, 0.1) is 6.61 Å². The van der Waals surface area contributed by atoms with Gasteiger partial charge >= 0.3 is 7.60 Å². The molecule has 0 radical (unpaired) electrons. The third kappa shape index (κ3) is 2.05. The molecule has 2 rings (SSSR count). The largest absolute Gasteiger partial charge is 0.448 e. The van der Waals surface area contributed by atoms with Crippen LogP contribution in [0.15, 0.2) is 28.7 Å². The van der Waals surface area contributed by atoms with E-state index in [-0.39, 0.29) is 12.1 Å². The summed E-state index contributed by atoms with van der Waals surface area (Å²) in [6, 6.07) is 7.12. The van der Waals surface area contributed by atoms with E-state index in [1.165, 1.54) is 0 Å². The van der Waals surface area contributed by atoms with Crippen LogP contribution in [0.4, 0.5) is 0 Å². The molecular formula is C11H13O4P. The van der Waals surface area contributed by atoms with Crippen LogP contribution in [-0.2, 0) is 9.09 Å². The predicted molar refractivity (Wildman–Crippen MR) is 62.0 cm³/mol. The first kappa shape index (κ1) is 11.4. The fourth-order valence-corrected chi connectivity index (χ4v) is 2.52. The van der Waals surface area contributed by atoms with Crippen LogP contribution < -0.4 is 5.50 Å². The molecule has 0 bridgehead atoms. The molecule has 16 heavy (non-hydrogen) atoms. The molecule has 1 aromatic heterocycles. The van der Waals surface area contributed by atoms with Gasteiger partial charge < -0.3 is 13.8 Å². The molecule has 0 aliphatic rings. The number of benzene rings is 1. The zero-order valence-corrected chi connectivity index (χ0v) is 10.0. The van der Waals surface area contributed by atoms with Gasteiger partial charge in [0.1, 0.15) is 5.58 Å². The second-order valence-electron chi connectivity index (χ2n) is 3.56. The lowest BCUT2D eigenvalue weighted by molar-refractivity contribution is 0.279. The lowest BCUT2D eigenvalue weighted by atomic mass is 10.2. The third-order valence-corrected chi connectivity index (χ3v) is 3.63. The number of fused-ring (bicyclic) bond motifs is 1. The maximum absolute atomic E-state index is 11.7. The van der Waals surface area contributed by atoms with E-state index in [4.69, 9.17) is 8.94 Å². The molecule has 0 saturated carbocycles. The van der Waals surface area contributed by atoms with Crippen LogP contribution in [0.5, 0.6) is 0 Å². The standard InChI is InChI=1S/C11H13O4P/c1-3-14-16(12,13)11-7-9-6-8(2)4-5-10(9)15-11/h4-7H,3H2,1-2H3,(H,12,13). The Bertz CT molecular complexity index is 558. The second kappa shape index (κ2) is 4.06. The maximum Gasteiger partial charge on any atom is 0.393 e. The maximum atomic E-state index is 11.7. The molecule has 0 amide bonds. The molecule has 0 saturated heterocycles. The van der Waals surface area contributed by atoms with E-state index in [0.717, 1.165) is 10.9 Å². The minimum Gasteiger partial charge on any atom is -0.448 e. The highest BCUT2D eigenvalue weighted by molar-refractivity contribution is 7.60. The zero-order chi connectivity index (χ0) is 11.8. The molecule has 5 heteroatoms. The summed E-state index contributed by atoms with van der Waals surface area (Å²) < 4.78 is 21.8. The highest BCUT2D eigenvalue weighted by Crippen LogP contribution is 2.41. The lowest BCUT2D eigenvalue weighted by Gasteiger charge is -2.05. The Morgan fingerprint density at radius 2 is 2.19 bits per heavy atom. The smallest absolute Gasteiger partial charge is 0.393 e. The van der Waals surface area contributed by atoms with Gasteiger partial charge in [-0.2, -0.15) is 0 Å². The van der Waals surface area contributed by atoms with Gasteiger partial charge in [-0.3, -0.25) is 4.57 Å². The molecule has 86 valence electrons. The fourth-order valence-electron chi connectivity index (χ4n) is 1.53. The van der Waals surface area contributed by atoms with Crippen molar-refractivity contribution in [3.8, 4) is 0 Å². The first-order chi connectivity index (χ1) is 7.53. The van der Waals surface area contributed by atoms with Crippen LogP contribution in [0.25, 0.3) is 11.0 Å². The molecular weight excluding hydrogens is 227 g/mol. The lowest BCUT2D eigenvalue weighted by Crippen LogP contribution is -2.03. The van der Waals surface area contributed by atoms with Crippen molar-refractivity contribution >= 4 is 24.1 Å². The van der Waals surface area contributed by atoms with Gasteiger partial charge in [-0.25, -0.2) is 0 Å². The molecule has 1 aromatic carbocycles. The zero-order valence-electron chi connectivity index (χ0n) is 9.14. The molecule has 1 unspecified atom stereocenters. The molecule has 1 N–H and O–H groups in total. The minimum absolute atomic E-state index is 0.00468. The van der Waals surface area contributed by atoms with Crippen LogP contribution in [0, 0.1) is 6.92 Å². The highest BCUT2D eigenvalue weighted by atomic mass is 31.2. The van der Waals surface area contributed by atoms with Gasteiger partial charge in [0, 0.05) is 11.5 Å². The number of hydrogen-bond donors (Lipinski definition) is 1. The van der Waals surface area contributed by atoms with E-state index >= 15 is 0 Å². The average Bonchev–Trinajstić information content (AvgIpc) is 2.61. The number of aryl methyl sites for hydroxylation is 1. The van der Waals surface area contributed by atoms with Crippen molar-refractivity contribution in [2.24, 2.45) is 0 Å². The summed E-state index contributed by atoms with van der Waals surface area (Å²) in [6.07, 6.45) is 0. The van der Waals surface area contributed by atoms with E-state index in [9.17, 15) is 9.46 Å². The molecule has 1 heterocycles. The molecule has 0 fully saturated rings. The topological polar surface area (TPSA) is 59.7 Å². The minimum atomic E-state index is -3.80. The van der Waals surface area contributed by atoms with Crippen molar-refractivity contribution in [3.63, 3.8) is 0 Å². The highest BCUT2D eigenvalue weighted by Gasteiger charge is 2.26. The van der Waals surface area contributed by atoms with E-state index < -0.39 is 7.60 Å². The molecule has 0 spiro atoms. The van der Waals surface area contributed by atoms with Gasteiger partial charge in [-0.05, 0) is 26.0 Å². The normalized spacial score (nSPS) is 15.2. The molecule has 1 atom stereocenters. The Hall–Kier alpha value is -1.09. The molecule has 4 nitrogen and oxygen atoms in total. The van der Waals surface area contributed by atoms with Crippen LogP contribution >= 0.6 is 7.60 Å². The Morgan fingerprint density at radius 3 is 2.88 bits per heavy atom. The summed E-state index contributed by atoms with van der Waals surface area (Å²) in [7, 11) is -3.80. The van der Waals surface area contributed by atoms with E-state index in [0.29, 0.717) is 5.58 Å². The summed E-state index contributed by atoms with van der Waals surface area (Å²) in [6.45, 7) is 3.78. The summed E-state index contributed by atoms with van der Waals surface area (Å²) in [5.74, 6) is 0. The Kier molecular flexibility index (Phi) is 2.89. The summed E-state index contributed by atoms with van der Waals surface area (Å²) in [5, 5.41) is 0.809. The molecule has 0 aliphatic heterocycles. The van der Waals surface area contributed by atoms with E-state index in [1.807, 2.05) is 19.1 Å². The summed E-state index contributed by atoms with van der Waals surface area (Å²) in [4.78, 5) is 9.60.